The van der Waals surface area contributed by atoms with Crippen LogP contribution >= 0.6 is 0 Å². The second-order valence-electron chi connectivity index (χ2n) is 4.59. The van der Waals surface area contributed by atoms with Gasteiger partial charge >= 0.3 is 5.69 Å². The molecule has 3 rings (SSSR count). The molecule has 0 atom stereocenters. The summed E-state index contributed by atoms with van der Waals surface area (Å²) < 4.78 is 0. The Morgan fingerprint density at radius 3 is 3.11 bits per heavy atom. The molecule has 0 amide bonds. The molecule has 2 aromatic rings. The summed E-state index contributed by atoms with van der Waals surface area (Å²) in [7, 11) is 0. The third-order valence-electron chi connectivity index (χ3n) is 3.19. The van der Waals surface area contributed by atoms with Crippen LogP contribution in [0.15, 0.2) is 35.4 Å². The lowest BCUT2D eigenvalue weighted by atomic mass is 10.0. The van der Waals surface area contributed by atoms with E-state index < -0.39 is 0 Å². The van der Waals surface area contributed by atoms with E-state index in [-0.39, 0.29) is 5.69 Å². The second-order valence-corrected chi connectivity index (χ2v) is 4.59. The average molecular weight is 257 g/mol. The normalized spacial score (nSPS) is 16.3. The van der Waals surface area contributed by atoms with Crippen LogP contribution in [-0.2, 0) is 6.54 Å². The first kappa shape index (κ1) is 11.9. The van der Waals surface area contributed by atoms with Gasteiger partial charge in [0.05, 0.1) is 6.54 Å². The number of nitrogens with one attached hydrogen (secondary N) is 2. The molecule has 2 aromatic heterocycles. The van der Waals surface area contributed by atoms with Gasteiger partial charge in [0.15, 0.2) is 0 Å². The maximum Gasteiger partial charge on any atom is 0.340 e. The van der Waals surface area contributed by atoms with E-state index in [2.05, 4.69) is 37.2 Å². The van der Waals surface area contributed by atoms with Crippen LogP contribution in [0.4, 0.5) is 0 Å². The Hall–Kier alpha value is -2.21. The molecule has 0 bridgehead atoms. The van der Waals surface area contributed by atoms with Gasteiger partial charge in [-0.3, -0.25) is 14.9 Å². The number of nitrogens with zero attached hydrogens (tertiary/aromatic N) is 3. The topological polar surface area (TPSA) is 77.7 Å². The molecule has 0 saturated heterocycles. The van der Waals surface area contributed by atoms with Crippen molar-refractivity contribution in [1.82, 2.24) is 25.1 Å². The van der Waals surface area contributed by atoms with Crippen molar-refractivity contribution >= 4 is 5.57 Å². The van der Waals surface area contributed by atoms with Gasteiger partial charge in [0, 0.05) is 25.5 Å². The van der Waals surface area contributed by atoms with Crippen LogP contribution in [0, 0.1) is 0 Å². The lowest BCUT2D eigenvalue weighted by Crippen LogP contribution is -2.29. The maximum absolute atomic E-state index is 11.0. The van der Waals surface area contributed by atoms with E-state index >= 15 is 0 Å². The highest BCUT2D eigenvalue weighted by Gasteiger charge is 2.15. The van der Waals surface area contributed by atoms with Gasteiger partial charge in [0.25, 0.3) is 0 Å². The van der Waals surface area contributed by atoms with Crippen molar-refractivity contribution in [2.75, 3.05) is 13.1 Å². The number of rotatable bonds is 3. The zero-order valence-electron chi connectivity index (χ0n) is 10.5. The minimum Gasteiger partial charge on any atom is -0.292 e. The summed E-state index contributed by atoms with van der Waals surface area (Å²) >= 11 is 0. The van der Waals surface area contributed by atoms with Crippen LogP contribution in [0.2, 0.25) is 0 Å². The molecule has 98 valence electrons. The molecule has 19 heavy (non-hydrogen) atoms. The Morgan fingerprint density at radius 1 is 1.42 bits per heavy atom. The van der Waals surface area contributed by atoms with Crippen LogP contribution in [0.3, 0.4) is 0 Å². The minimum atomic E-state index is -0.255. The molecule has 2 N–H and O–H groups in total. The van der Waals surface area contributed by atoms with Gasteiger partial charge in [-0.15, -0.1) is 0 Å². The first-order chi connectivity index (χ1) is 9.31. The van der Waals surface area contributed by atoms with Crippen molar-refractivity contribution in [1.29, 1.82) is 0 Å². The Morgan fingerprint density at radius 2 is 2.37 bits per heavy atom. The van der Waals surface area contributed by atoms with Crippen LogP contribution in [0.5, 0.6) is 0 Å². The lowest BCUT2D eigenvalue weighted by molar-refractivity contribution is 0.289. The molecule has 0 fully saturated rings. The van der Waals surface area contributed by atoms with E-state index in [1.165, 1.54) is 5.57 Å². The van der Waals surface area contributed by atoms with Gasteiger partial charge in [0.2, 0.25) is 0 Å². The van der Waals surface area contributed by atoms with Crippen molar-refractivity contribution in [3.63, 3.8) is 0 Å². The van der Waals surface area contributed by atoms with Gasteiger partial charge in [-0.05, 0) is 23.6 Å². The third-order valence-corrected chi connectivity index (χ3v) is 3.19. The molecule has 0 aliphatic carbocycles. The molecule has 0 unspecified atom stereocenters. The highest BCUT2D eigenvalue weighted by molar-refractivity contribution is 5.66. The van der Waals surface area contributed by atoms with E-state index in [0.717, 1.165) is 25.1 Å². The molecule has 1 aliphatic rings. The highest BCUT2D eigenvalue weighted by atomic mass is 16.1. The quantitative estimate of drug-likeness (QED) is 0.852. The average Bonchev–Trinajstić information content (AvgIpc) is 2.85. The Balaban J connectivity index is 1.71. The predicted molar refractivity (Wildman–Crippen MR) is 71.3 cm³/mol. The van der Waals surface area contributed by atoms with Gasteiger partial charge in [-0.2, -0.15) is 5.10 Å². The molecule has 6 heteroatoms. The molecule has 0 spiro atoms. The lowest BCUT2D eigenvalue weighted by Gasteiger charge is -2.26. The van der Waals surface area contributed by atoms with E-state index in [1.54, 1.807) is 6.20 Å². The Bertz CT molecular complexity index is 628. The fraction of sp³-hybridized carbons (Fsp3) is 0.308. The summed E-state index contributed by atoms with van der Waals surface area (Å²) in [6, 6.07) is 4.01. The van der Waals surface area contributed by atoms with E-state index in [4.69, 9.17) is 0 Å². The molecular formula is C13H15N5O. The van der Waals surface area contributed by atoms with Crippen molar-refractivity contribution < 1.29 is 0 Å². The Labute approximate surface area is 110 Å². The van der Waals surface area contributed by atoms with Crippen LogP contribution in [0.25, 0.3) is 5.57 Å². The largest absolute Gasteiger partial charge is 0.340 e. The monoisotopic (exact) mass is 257 g/mol. The molecule has 1 aliphatic heterocycles. The van der Waals surface area contributed by atoms with Crippen molar-refractivity contribution in [2.24, 2.45) is 0 Å². The SMILES string of the molecule is O=c1[nH]nc(CN2CCC=C(c3cccnc3)C2)[nH]1. The number of aromatic nitrogens is 4. The standard InChI is InChI=1S/C13H15N5O/c19-13-15-12(16-17-13)9-18-6-2-4-11(8-18)10-3-1-5-14-7-10/h1,3-5,7H,2,6,8-9H2,(H2,15,16,17,19). The number of hydrogen-bond acceptors (Lipinski definition) is 4. The summed E-state index contributed by atoms with van der Waals surface area (Å²) in [5.74, 6) is 0.678. The summed E-state index contributed by atoms with van der Waals surface area (Å²) in [6.07, 6.45) is 6.91. The molecule has 0 aromatic carbocycles. The van der Waals surface area contributed by atoms with Crippen LogP contribution in [0.1, 0.15) is 17.8 Å². The summed E-state index contributed by atoms with van der Waals surface area (Å²) in [5.41, 5.74) is 2.18. The van der Waals surface area contributed by atoms with Crippen LogP contribution < -0.4 is 5.69 Å². The van der Waals surface area contributed by atoms with Crippen LogP contribution in [-0.4, -0.2) is 38.2 Å². The van der Waals surface area contributed by atoms with E-state index in [1.807, 2.05) is 12.3 Å². The predicted octanol–water partition coefficient (Wildman–Crippen LogP) is 0.782. The van der Waals surface area contributed by atoms with Crippen molar-refractivity contribution in [2.45, 2.75) is 13.0 Å². The first-order valence-corrected chi connectivity index (χ1v) is 6.26. The summed E-state index contributed by atoms with van der Waals surface area (Å²) in [4.78, 5) is 20.1. The van der Waals surface area contributed by atoms with Gasteiger partial charge < -0.3 is 0 Å². The van der Waals surface area contributed by atoms with Crippen molar-refractivity contribution in [3.8, 4) is 0 Å². The second kappa shape index (κ2) is 5.19. The molecular weight excluding hydrogens is 242 g/mol. The maximum atomic E-state index is 11.0. The molecule has 6 nitrogen and oxygen atoms in total. The van der Waals surface area contributed by atoms with E-state index in [9.17, 15) is 4.79 Å². The minimum absolute atomic E-state index is 0.255. The van der Waals surface area contributed by atoms with E-state index in [0.29, 0.717) is 12.4 Å². The Kier molecular flexibility index (Phi) is 3.24. The zero-order chi connectivity index (χ0) is 13.1. The fourth-order valence-corrected chi connectivity index (χ4v) is 2.29. The fourth-order valence-electron chi connectivity index (χ4n) is 2.29. The number of pyridine rings is 1. The van der Waals surface area contributed by atoms with Gasteiger partial charge in [0.1, 0.15) is 5.82 Å². The first-order valence-electron chi connectivity index (χ1n) is 6.26. The van der Waals surface area contributed by atoms with Crippen molar-refractivity contribution in [3.05, 3.63) is 52.5 Å². The highest BCUT2D eigenvalue weighted by Crippen LogP contribution is 2.20. The smallest absolute Gasteiger partial charge is 0.292 e. The third kappa shape index (κ3) is 2.79. The number of aromatic amines is 2. The zero-order valence-corrected chi connectivity index (χ0v) is 10.5. The molecule has 0 saturated carbocycles. The molecule has 0 radical (unpaired) electrons. The summed E-state index contributed by atoms with van der Waals surface area (Å²) in [6.45, 7) is 2.47. The summed E-state index contributed by atoms with van der Waals surface area (Å²) in [5, 5.41) is 6.33. The molecule has 3 heterocycles. The number of hydrogen-bond donors (Lipinski definition) is 2. The number of H-pyrrole nitrogens is 2. The van der Waals surface area contributed by atoms with Gasteiger partial charge in [-0.1, -0.05) is 12.1 Å². The van der Waals surface area contributed by atoms with Gasteiger partial charge in [-0.25, -0.2) is 9.89 Å².